The van der Waals surface area contributed by atoms with Crippen molar-refractivity contribution in [3.63, 3.8) is 0 Å². The molecule has 0 aromatic heterocycles. The number of carbonyl (C=O) groups excluding carboxylic acids is 1. The quantitative estimate of drug-likeness (QED) is 0.791. The maximum absolute atomic E-state index is 13.3. The predicted molar refractivity (Wildman–Crippen MR) is 58.6 cm³/mol. The van der Waals surface area contributed by atoms with Crippen LogP contribution in [0.4, 0.5) is 10.1 Å². The monoisotopic (exact) mass is 230 g/mol. The van der Waals surface area contributed by atoms with Crippen molar-refractivity contribution >= 4 is 24.0 Å². The zero-order valence-electron chi connectivity index (χ0n) is 8.02. The normalized spacial score (nSPS) is 20.3. The third kappa shape index (κ3) is 2.27. The lowest BCUT2D eigenvalue weighted by atomic mass is 10.3. The summed E-state index contributed by atoms with van der Waals surface area (Å²) in [5.41, 5.74) is 5.94. The van der Waals surface area contributed by atoms with Crippen molar-refractivity contribution in [1.29, 1.82) is 0 Å². The molecule has 1 aromatic rings. The van der Waals surface area contributed by atoms with E-state index in [-0.39, 0.29) is 30.2 Å². The number of para-hydroxylation sites is 1. The Bertz CT molecular complexity index is 372. The van der Waals surface area contributed by atoms with Crippen molar-refractivity contribution in [3.8, 4) is 0 Å². The number of amides is 1. The Morgan fingerprint density at radius 3 is 2.60 bits per heavy atom. The molecular formula is C10H12ClFN2O. The summed E-state index contributed by atoms with van der Waals surface area (Å²) in [7, 11) is 0. The van der Waals surface area contributed by atoms with Crippen molar-refractivity contribution in [1.82, 2.24) is 0 Å². The van der Waals surface area contributed by atoms with Crippen LogP contribution in [0.25, 0.3) is 0 Å². The van der Waals surface area contributed by atoms with Crippen molar-refractivity contribution in [2.45, 2.75) is 12.5 Å². The Kier molecular flexibility index (Phi) is 3.66. The maximum Gasteiger partial charge on any atom is 0.228 e. The van der Waals surface area contributed by atoms with Crippen LogP contribution in [0.3, 0.4) is 0 Å². The molecule has 1 saturated heterocycles. The Balaban J connectivity index is 0.00000112. The topological polar surface area (TPSA) is 46.3 Å². The average Bonchev–Trinajstić information content (AvgIpc) is 2.46. The van der Waals surface area contributed by atoms with Gasteiger partial charge in [-0.1, -0.05) is 12.1 Å². The molecule has 82 valence electrons. The van der Waals surface area contributed by atoms with Gasteiger partial charge in [0, 0.05) is 19.0 Å². The fourth-order valence-corrected chi connectivity index (χ4v) is 1.64. The summed E-state index contributed by atoms with van der Waals surface area (Å²) >= 11 is 0. The fraction of sp³-hybridized carbons (Fsp3) is 0.300. The van der Waals surface area contributed by atoms with E-state index in [0.717, 1.165) is 0 Å². The van der Waals surface area contributed by atoms with E-state index in [9.17, 15) is 9.18 Å². The molecule has 3 nitrogen and oxygen atoms in total. The lowest BCUT2D eigenvalue weighted by Crippen LogP contribution is -2.28. The van der Waals surface area contributed by atoms with Gasteiger partial charge in [-0.05, 0) is 12.1 Å². The molecule has 1 aliphatic heterocycles. The van der Waals surface area contributed by atoms with Crippen molar-refractivity contribution in [2.24, 2.45) is 5.73 Å². The lowest BCUT2D eigenvalue weighted by molar-refractivity contribution is -0.117. The van der Waals surface area contributed by atoms with Gasteiger partial charge in [-0.3, -0.25) is 4.79 Å². The van der Waals surface area contributed by atoms with Crippen molar-refractivity contribution < 1.29 is 9.18 Å². The molecule has 0 bridgehead atoms. The number of rotatable bonds is 1. The third-order valence-corrected chi connectivity index (χ3v) is 2.30. The second-order valence-corrected chi connectivity index (χ2v) is 3.42. The standard InChI is InChI=1S/C10H11FN2O.ClH/c11-8-3-1-2-4-9(8)13-6-7(12)5-10(13)14;/h1-4,7H,5-6,12H2;1H. The number of anilines is 1. The van der Waals surface area contributed by atoms with E-state index in [2.05, 4.69) is 0 Å². The molecule has 1 atom stereocenters. The lowest BCUT2D eigenvalue weighted by Gasteiger charge is -2.16. The van der Waals surface area contributed by atoms with Crippen LogP contribution in [0.15, 0.2) is 24.3 Å². The van der Waals surface area contributed by atoms with Gasteiger partial charge < -0.3 is 10.6 Å². The molecular weight excluding hydrogens is 219 g/mol. The van der Waals surface area contributed by atoms with Crippen LogP contribution in [0.1, 0.15) is 6.42 Å². The first-order chi connectivity index (χ1) is 6.68. The molecule has 1 amide bonds. The van der Waals surface area contributed by atoms with E-state index in [1.807, 2.05) is 0 Å². The predicted octanol–water partition coefficient (Wildman–Crippen LogP) is 1.31. The molecule has 1 heterocycles. The van der Waals surface area contributed by atoms with Crippen molar-refractivity contribution in [3.05, 3.63) is 30.1 Å². The van der Waals surface area contributed by atoms with E-state index in [1.165, 1.54) is 11.0 Å². The summed E-state index contributed by atoms with van der Waals surface area (Å²) in [4.78, 5) is 12.8. The summed E-state index contributed by atoms with van der Waals surface area (Å²) in [5, 5.41) is 0. The average molecular weight is 231 g/mol. The largest absolute Gasteiger partial charge is 0.326 e. The van der Waals surface area contributed by atoms with Gasteiger partial charge in [0.25, 0.3) is 0 Å². The molecule has 15 heavy (non-hydrogen) atoms. The van der Waals surface area contributed by atoms with Gasteiger partial charge in [-0.2, -0.15) is 0 Å². The highest BCUT2D eigenvalue weighted by molar-refractivity contribution is 5.96. The number of hydrogen-bond donors (Lipinski definition) is 1. The molecule has 1 aromatic carbocycles. The van der Waals surface area contributed by atoms with Crippen LogP contribution in [0.5, 0.6) is 0 Å². The van der Waals surface area contributed by atoms with Crippen LogP contribution in [0.2, 0.25) is 0 Å². The van der Waals surface area contributed by atoms with E-state index < -0.39 is 0 Å². The van der Waals surface area contributed by atoms with Gasteiger partial charge in [0.05, 0.1) is 5.69 Å². The zero-order valence-corrected chi connectivity index (χ0v) is 8.84. The molecule has 0 saturated carbocycles. The van der Waals surface area contributed by atoms with Crippen LogP contribution in [-0.2, 0) is 4.79 Å². The van der Waals surface area contributed by atoms with Gasteiger partial charge >= 0.3 is 0 Å². The fourth-order valence-electron chi connectivity index (χ4n) is 1.64. The van der Waals surface area contributed by atoms with E-state index in [1.54, 1.807) is 18.2 Å². The molecule has 1 unspecified atom stereocenters. The first-order valence-electron chi connectivity index (χ1n) is 4.49. The Hall–Kier alpha value is -1.13. The minimum absolute atomic E-state index is 0. The summed E-state index contributed by atoms with van der Waals surface area (Å²) in [6.07, 6.45) is 0.300. The number of hydrogen-bond acceptors (Lipinski definition) is 2. The van der Waals surface area contributed by atoms with Gasteiger partial charge in [0.2, 0.25) is 5.91 Å². The summed E-state index contributed by atoms with van der Waals surface area (Å²) in [6.45, 7) is 0.403. The number of halogens is 2. The highest BCUT2D eigenvalue weighted by atomic mass is 35.5. The van der Waals surface area contributed by atoms with Crippen LogP contribution in [-0.4, -0.2) is 18.5 Å². The number of carbonyl (C=O) groups is 1. The highest BCUT2D eigenvalue weighted by Crippen LogP contribution is 2.23. The molecule has 0 spiro atoms. The van der Waals surface area contributed by atoms with Crippen molar-refractivity contribution in [2.75, 3.05) is 11.4 Å². The van der Waals surface area contributed by atoms with E-state index in [0.29, 0.717) is 18.7 Å². The first-order valence-corrected chi connectivity index (χ1v) is 4.49. The van der Waals surface area contributed by atoms with Crippen LogP contribution in [0, 0.1) is 5.82 Å². The van der Waals surface area contributed by atoms with Gasteiger partial charge in [0.15, 0.2) is 0 Å². The Labute approximate surface area is 93.5 Å². The molecule has 0 aliphatic carbocycles. The second kappa shape index (κ2) is 4.59. The Morgan fingerprint density at radius 2 is 2.07 bits per heavy atom. The molecule has 1 aliphatic rings. The maximum atomic E-state index is 13.3. The van der Waals surface area contributed by atoms with Crippen LogP contribution < -0.4 is 10.6 Å². The highest BCUT2D eigenvalue weighted by Gasteiger charge is 2.29. The first kappa shape index (κ1) is 11.9. The minimum atomic E-state index is -0.380. The van der Waals surface area contributed by atoms with Crippen LogP contribution >= 0.6 is 12.4 Å². The minimum Gasteiger partial charge on any atom is -0.326 e. The third-order valence-electron chi connectivity index (χ3n) is 2.30. The zero-order chi connectivity index (χ0) is 10.1. The van der Waals surface area contributed by atoms with Gasteiger partial charge in [0.1, 0.15) is 5.82 Å². The second-order valence-electron chi connectivity index (χ2n) is 3.42. The van der Waals surface area contributed by atoms with E-state index >= 15 is 0 Å². The molecule has 0 radical (unpaired) electrons. The number of nitrogens with two attached hydrogens (primary N) is 1. The molecule has 5 heteroatoms. The molecule has 2 N–H and O–H groups in total. The summed E-state index contributed by atoms with van der Waals surface area (Å²) < 4.78 is 13.3. The molecule has 1 fully saturated rings. The SMILES string of the molecule is Cl.NC1CC(=O)N(c2ccccc2F)C1. The van der Waals surface area contributed by atoms with E-state index in [4.69, 9.17) is 5.73 Å². The smallest absolute Gasteiger partial charge is 0.228 e. The number of benzene rings is 1. The van der Waals surface area contributed by atoms with Gasteiger partial charge in [-0.15, -0.1) is 12.4 Å². The van der Waals surface area contributed by atoms with Gasteiger partial charge in [-0.25, -0.2) is 4.39 Å². The summed E-state index contributed by atoms with van der Waals surface area (Å²) in [6, 6.07) is 6.05. The summed E-state index contributed by atoms with van der Waals surface area (Å²) in [5.74, 6) is -0.488. The number of nitrogens with zero attached hydrogens (tertiary/aromatic N) is 1. The molecule has 2 rings (SSSR count). The Morgan fingerprint density at radius 1 is 1.40 bits per heavy atom.